The Labute approximate surface area is 209 Å². The fourth-order valence-corrected chi connectivity index (χ4v) is 4.03. The molecule has 0 bridgehead atoms. The molecule has 0 aliphatic heterocycles. The van der Waals surface area contributed by atoms with Crippen LogP contribution < -0.4 is 10.9 Å². The molecule has 36 heavy (non-hydrogen) atoms. The molecule has 3 aromatic carbocycles. The molecule has 0 saturated carbocycles. The van der Waals surface area contributed by atoms with E-state index in [2.05, 4.69) is 17.2 Å². The smallest absolute Gasteiger partial charge is 0.306 e. The Bertz CT molecular complexity index is 1410. The van der Waals surface area contributed by atoms with Gasteiger partial charge in [0, 0.05) is 24.2 Å². The number of benzene rings is 3. The van der Waals surface area contributed by atoms with Crippen LogP contribution in [0, 0.1) is 0 Å². The Kier molecular flexibility index (Phi) is 8.24. The first-order valence-electron chi connectivity index (χ1n) is 12.1. The highest BCUT2D eigenvalue weighted by atomic mass is 16.5. The second kappa shape index (κ2) is 11.9. The highest BCUT2D eigenvalue weighted by molar-refractivity contribution is 5.96. The first-order valence-corrected chi connectivity index (χ1v) is 12.1. The molecule has 7 heteroatoms. The third-order valence-corrected chi connectivity index (χ3v) is 5.87. The number of carbonyl (C=O) groups excluding carboxylic acids is 2. The minimum Gasteiger partial charge on any atom is -0.456 e. The Balaban J connectivity index is 1.36. The summed E-state index contributed by atoms with van der Waals surface area (Å²) in [5.41, 5.74) is 4.12. The molecule has 4 rings (SSSR count). The second-order valence-corrected chi connectivity index (χ2v) is 8.48. The van der Waals surface area contributed by atoms with Gasteiger partial charge in [-0.1, -0.05) is 74.0 Å². The van der Waals surface area contributed by atoms with Crippen molar-refractivity contribution in [2.45, 2.75) is 39.2 Å². The van der Waals surface area contributed by atoms with Crippen molar-refractivity contribution < 1.29 is 14.3 Å². The minimum atomic E-state index is -0.559. The zero-order chi connectivity index (χ0) is 25.3. The van der Waals surface area contributed by atoms with E-state index in [-0.39, 0.29) is 18.4 Å². The molecule has 1 N–H and O–H groups in total. The summed E-state index contributed by atoms with van der Waals surface area (Å²) in [4.78, 5) is 42.3. The number of ether oxygens (including phenoxy) is 1. The lowest BCUT2D eigenvalue weighted by molar-refractivity contribution is -0.147. The third-order valence-electron chi connectivity index (χ3n) is 5.87. The standard InChI is InChI=1S/C29H29N3O4/c1-2-3-19-32-26-16-10-9-15-24(26)30-25(29(32)35)17-18-28(34)36-20-27(33)31-23-14-8-7-13-22(23)21-11-5-4-6-12-21/h4-16H,2-3,17-20H2,1H3,(H,31,33). The second-order valence-electron chi connectivity index (χ2n) is 8.48. The topological polar surface area (TPSA) is 90.3 Å². The fourth-order valence-electron chi connectivity index (χ4n) is 4.03. The summed E-state index contributed by atoms with van der Waals surface area (Å²) in [6.07, 6.45) is 1.94. The van der Waals surface area contributed by atoms with Crippen LogP contribution in [0.2, 0.25) is 0 Å². The highest BCUT2D eigenvalue weighted by Crippen LogP contribution is 2.27. The van der Waals surface area contributed by atoms with Crippen LogP contribution in [0.4, 0.5) is 5.69 Å². The van der Waals surface area contributed by atoms with E-state index in [0.717, 1.165) is 29.5 Å². The van der Waals surface area contributed by atoms with Gasteiger partial charge in [0.05, 0.1) is 17.5 Å². The summed E-state index contributed by atoms with van der Waals surface area (Å²) in [5.74, 6) is -0.992. The molecule has 0 spiro atoms. The molecule has 0 unspecified atom stereocenters. The number of aryl methyl sites for hydroxylation is 2. The first-order chi connectivity index (χ1) is 17.6. The van der Waals surface area contributed by atoms with Gasteiger partial charge in [-0.2, -0.15) is 0 Å². The van der Waals surface area contributed by atoms with Crippen LogP contribution in [0.3, 0.4) is 0 Å². The van der Waals surface area contributed by atoms with Crippen LogP contribution in [0.25, 0.3) is 22.2 Å². The van der Waals surface area contributed by atoms with E-state index in [1.54, 1.807) is 10.6 Å². The molecule has 0 aliphatic carbocycles. The average molecular weight is 484 g/mol. The normalized spacial score (nSPS) is 10.8. The zero-order valence-corrected chi connectivity index (χ0v) is 20.3. The van der Waals surface area contributed by atoms with E-state index in [1.165, 1.54) is 0 Å². The predicted octanol–water partition coefficient (Wildman–Crippen LogP) is 4.98. The lowest BCUT2D eigenvalue weighted by atomic mass is 10.0. The quantitative estimate of drug-likeness (QED) is 0.321. The minimum absolute atomic E-state index is 0.0394. The molecule has 1 heterocycles. The number of unbranched alkanes of at least 4 members (excludes halogenated alkanes) is 1. The summed E-state index contributed by atoms with van der Waals surface area (Å²) in [5, 5.41) is 2.81. The number of hydrogen-bond acceptors (Lipinski definition) is 5. The molecule has 0 saturated heterocycles. The van der Waals surface area contributed by atoms with E-state index in [1.807, 2.05) is 72.8 Å². The Hall–Kier alpha value is -4.26. The van der Waals surface area contributed by atoms with Crippen molar-refractivity contribution in [3.05, 3.63) is 94.9 Å². The van der Waals surface area contributed by atoms with E-state index in [0.29, 0.717) is 23.4 Å². The van der Waals surface area contributed by atoms with Gasteiger partial charge >= 0.3 is 5.97 Å². The molecular weight excluding hydrogens is 454 g/mol. The van der Waals surface area contributed by atoms with Crippen molar-refractivity contribution in [2.24, 2.45) is 0 Å². The van der Waals surface area contributed by atoms with Crippen LogP contribution in [0.5, 0.6) is 0 Å². The summed E-state index contributed by atoms with van der Waals surface area (Å²) in [6, 6.07) is 24.6. The average Bonchev–Trinajstić information content (AvgIpc) is 2.91. The van der Waals surface area contributed by atoms with Crippen LogP contribution >= 0.6 is 0 Å². The maximum absolute atomic E-state index is 13.0. The van der Waals surface area contributed by atoms with Gasteiger partial charge in [-0.15, -0.1) is 0 Å². The number of aromatic nitrogens is 2. The van der Waals surface area contributed by atoms with Gasteiger partial charge in [0.25, 0.3) is 11.5 Å². The molecular formula is C29H29N3O4. The van der Waals surface area contributed by atoms with Gasteiger partial charge in [0.1, 0.15) is 5.69 Å². The molecule has 184 valence electrons. The molecule has 0 aliphatic rings. The van der Waals surface area contributed by atoms with Crippen molar-refractivity contribution in [2.75, 3.05) is 11.9 Å². The maximum Gasteiger partial charge on any atom is 0.306 e. The third kappa shape index (κ3) is 6.05. The molecule has 7 nitrogen and oxygen atoms in total. The van der Waals surface area contributed by atoms with Gasteiger partial charge in [0.2, 0.25) is 0 Å². The van der Waals surface area contributed by atoms with E-state index < -0.39 is 18.5 Å². The van der Waals surface area contributed by atoms with Crippen LogP contribution in [-0.2, 0) is 27.3 Å². The molecule has 1 amide bonds. The number of para-hydroxylation sites is 3. The van der Waals surface area contributed by atoms with Crippen molar-refractivity contribution in [1.82, 2.24) is 9.55 Å². The number of anilines is 1. The number of amides is 1. The summed E-state index contributed by atoms with van der Waals surface area (Å²) in [6.45, 7) is 2.26. The van der Waals surface area contributed by atoms with E-state index >= 15 is 0 Å². The fraction of sp³-hybridized carbons (Fsp3) is 0.241. The lowest BCUT2D eigenvalue weighted by Gasteiger charge is -2.12. The predicted molar refractivity (Wildman–Crippen MR) is 141 cm³/mol. The molecule has 1 aromatic heterocycles. The Morgan fingerprint density at radius 3 is 2.47 bits per heavy atom. The summed E-state index contributed by atoms with van der Waals surface area (Å²) < 4.78 is 6.90. The zero-order valence-electron chi connectivity index (χ0n) is 20.3. The molecule has 0 atom stereocenters. The number of esters is 1. The number of nitrogens with zero attached hydrogens (tertiary/aromatic N) is 2. The SMILES string of the molecule is CCCCn1c(=O)c(CCC(=O)OCC(=O)Nc2ccccc2-c2ccccc2)nc2ccccc21. The molecule has 4 aromatic rings. The number of nitrogens with one attached hydrogen (secondary N) is 1. The summed E-state index contributed by atoms with van der Waals surface area (Å²) >= 11 is 0. The van der Waals surface area contributed by atoms with Gasteiger partial charge in [0.15, 0.2) is 6.61 Å². The maximum atomic E-state index is 13.0. The van der Waals surface area contributed by atoms with Crippen molar-refractivity contribution in [1.29, 1.82) is 0 Å². The monoisotopic (exact) mass is 483 g/mol. The van der Waals surface area contributed by atoms with E-state index in [9.17, 15) is 14.4 Å². The number of fused-ring (bicyclic) bond motifs is 1. The van der Waals surface area contributed by atoms with E-state index in [4.69, 9.17) is 4.74 Å². The lowest BCUT2D eigenvalue weighted by Crippen LogP contribution is -2.27. The number of hydrogen-bond donors (Lipinski definition) is 1. The molecule has 0 radical (unpaired) electrons. The largest absolute Gasteiger partial charge is 0.456 e. The number of rotatable bonds is 10. The van der Waals surface area contributed by atoms with Crippen LogP contribution in [-0.4, -0.2) is 28.0 Å². The Morgan fingerprint density at radius 1 is 0.944 bits per heavy atom. The highest BCUT2D eigenvalue weighted by Gasteiger charge is 2.15. The van der Waals surface area contributed by atoms with Gasteiger partial charge in [-0.05, 0) is 30.2 Å². The van der Waals surface area contributed by atoms with Gasteiger partial charge in [-0.3, -0.25) is 14.4 Å². The number of carbonyl (C=O) groups is 2. The first kappa shape index (κ1) is 24.9. The van der Waals surface area contributed by atoms with Gasteiger partial charge in [-0.25, -0.2) is 4.98 Å². The summed E-state index contributed by atoms with van der Waals surface area (Å²) in [7, 11) is 0. The van der Waals surface area contributed by atoms with Gasteiger partial charge < -0.3 is 14.6 Å². The van der Waals surface area contributed by atoms with Crippen LogP contribution in [0.1, 0.15) is 31.9 Å². The van der Waals surface area contributed by atoms with Crippen LogP contribution in [0.15, 0.2) is 83.7 Å². The Morgan fingerprint density at radius 2 is 1.67 bits per heavy atom. The van der Waals surface area contributed by atoms with Crippen molar-refractivity contribution in [3.8, 4) is 11.1 Å². The van der Waals surface area contributed by atoms with Crippen molar-refractivity contribution >= 4 is 28.6 Å². The molecule has 0 fully saturated rings. The van der Waals surface area contributed by atoms with Crippen molar-refractivity contribution in [3.63, 3.8) is 0 Å².